The molecular weight excluding hydrogens is 418 g/mol. The van der Waals surface area contributed by atoms with Crippen LogP contribution in [0.1, 0.15) is 11.1 Å². The zero-order valence-electron chi connectivity index (χ0n) is 17.8. The molecule has 0 bridgehead atoms. The van der Waals surface area contributed by atoms with Gasteiger partial charge in [-0.05, 0) is 53.4 Å². The molecule has 1 N–H and O–H groups in total. The molecule has 2 aromatic heterocycles. The van der Waals surface area contributed by atoms with Crippen molar-refractivity contribution < 1.29 is 4.79 Å². The van der Waals surface area contributed by atoms with Crippen molar-refractivity contribution in [1.29, 1.82) is 0 Å². The Labute approximate surface area is 189 Å². The van der Waals surface area contributed by atoms with Crippen molar-refractivity contribution in [2.75, 3.05) is 5.32 Å². The molecule has 1 amide bonds. The number of hydrogen-bond donors (Lipinski definition) is 1. The van der Waals surface area contributed by atoms with Crippen LogP contribution in [0.25, 0.3) is 32.1 Å². The van der Waals surface area contributed by atoms with Crippen LogP contribution >= 0.6 is 11.3 Å². The summed E-state index contributed by atoms with van der Waals surface area (Å²) < 4.78 is 1.37. The minimum absolute atomic E-state index is 0.100. The molecule has 5 nitrogen and oxygen atoms in total. The molecule has 5 aromatic rings. The minimum Gasteiger partial charge on any atom is -0.325 e. The highest BCUT2D eigenvalue weighted by molar-refractivity contribution is 7.17. The van der Waals surface area contributed by atoms with E-state index < -0.39 is 0 Å². The van der Waals surface area contributed by atoms with E-state index in [2.05, 4.69) is 36.3 Å². The van der Waals surface area contributed by atoms with Crippen LogP contribution in [0.4, 0.5) is 5.69 Å². The van der Waals surface area contributed by atoms with Gasteiger partial charge >= 0.3 is 0 Å². The van der Waals surface area contributed by atoms with Crippen LogP contribution in [0.3, 0.4) is 0 Å². The molecule has 0 atom stereocenters. The van der Waals surface area contributed by atoms with Gasteiger partial charge in [0.25, 0.3) is 5.56 Å². The van der Waals surface area contributed by atoms with E-state index in [1.54, 1.807) is 0 Å². The number of amides is 1. The molecule has 0 unspecified atom stereocenters. The number of nitrogens with zero attached hydrogens (tertiary/aromatic N) is 2. The highest BCUT2D eigenvalue weighted by Gasteiger charge is 2.15. The van der Waals surface area contributed by atoms with Crippen molar-refractivity contribution in [3.8, 4) is 11.1 Å². The highest BCUT2D eigenvalue weighted by Crippen LogP contribution is 2.31. The third kappa shape index (κ3) is 3.69. The molecule has 6 heteroatoms. The Balaban J connectivity index is 1.45. The molecule has 32 heavy (non-hydrogen) atoms. The summed E-state index contributed by atoms with van der Waals surface area (Å²) >= 11 is 1.44. The van der Waals surface area contributed by atoms with E-state index in [4.69, 9.17) is 0 Å². The topological polar surface area (TPSA) is 64.0 Å². The standard InChI is InChI=1S/C26H21N3O2S/c1-16-7-8-20(11-17(16)2)22-14-32-25-24(22)26(31)29(15-27-25)13-23(30)28-21-10-9-18-5-3-4-6-19(18)12-21/h3-12,14-15H,13H2,1-2H3,(H,28,30). The fraction of sp³-hybridized carbons (Fsp3) is 0.115. The predicted molar refractivity (Wildman–Crippen MR) is 131 cm³/mol. The van der Waals surface area contributed by atoms with Gasteiger partial charge in [0.1, 0.15) is 11.4 Å². The molecular formula is C26H21N3O2S. The summed E-state index contributed by atoms with van der Waals surface area (Å²) in [5.74, 6) is -0.272. The molecule has 0 saturated heterocycles. The Morgan fingerprint density at radius 3 is 2.62 bits per heavy atom. The maximum Gasteiger partial charge on any atom is 0.263 e. The van der Waals surface area contributed by atoms with Crippen molar-refractivity contribution in [3.63, 3.8) is 0 Å². The molecule has 0 radical (unpaired) electrons. The van der Waals surface area contributed by atoms with E-state index in [9.17, 15) is 9.59 Å². The lowest BCUT2D eigenvalue weighted by molar-refractivity contribution is -0.116. The number of hydrogen-bond acceptors (Lipinski definition) is 4. The van der Waals surface area contributed by atoms with Gasteiger partial charge < -0.3 is 5.32 Å². The van der Waals surface area contributed by atoms with Crippen molar-refractivity contribution >= 4 is 43.9 Å². The number of thiophene rings is 1. The lowest BCUT2D eigenvalue weighted by atomic mass is 10.0. The first-order valence-electron chi connectivity index (χ1n) is 10.3. The fourth-order valence-corrected chi connectivity index (χ4v) is 4.73. The summed E-state index contributed by atoms with van der Waals surface area (Å²) in [7, 11) is 0. The average Bonchev–Trinajstić information content (AvgIpc) is 3.22. The van der Waals surface area contributed by atoms with Gasteiger partial charge in [-0.2, -0.15) is 0 Å². The molecule has 158 valence electrons. The number of carbonyl (C=O) groups is 1. The number of aromatic nitrogens is 2. The number of aryl methyl sites for hydroxylation is 2. The van der Waals surface area contributed by atoms with Crippen molar-refractivity contribution in [2.45, 2.75) is 20.4 Å². The zero-order valence-corrected chi connectivity index (χ0v) is 18.6. The second-order valence-corrected chi connectivity index (χ2v) is 8.77. The lowest BCUT2D eigenvalue weighted by Crippen LogP contribution is -2.27. The second kappa shape index (κ2) is 8.05. The van der Waals surface area contributed by atoms with Crippen LogP contribution in [0.5, 0.6) is 0 Å². The second-order valence-electron chi connectivity index (χ2n) is 7.92. The Bertz CT molecular complexity index is 1550. The fourth-order valence-electron chi connectivity index (χ4n) is 3.82. The number of carbonyl (C=O) groups excluding carboxylic acids is 1. The summed E-state index contributed by atoms with van der Waals surface area (Å²) in [5, 5.41) is 7.55. The Kier molecular flexibility index (Phi) is 5.07. The first-order chi connectivity index (χ1) is 15.5. The van der Waals surface area contributed by atoms with Gasteiger partial charge in [-0.1, -0.05) is 48.5 Å². The van der Waals surface area contributed by atoms with E-state index in [0.717, 1.165) is 21.9 Å². The smallest absolute Gasteiger partial charge is 0.263 e. The van der Waals surface area contributed by atoms with Gasteiger partial charge in [0, 0.05) is 16.6 Å². The third-order valence-electron chi connectivity index (χ3n) is 5.73. The van der Waals surface area contributed by atoms with E-state index in [1.807, 2.05) is 53.9 Å². The number of anilines is 1. The summed E-state index contributed by atoms with van der Waals surface area (Å²) in [4.78, 5) is 31.0. The van der Waals surface area contributed by atoms with Crippen LogP contribution in [0.15, 0.2) is 77.2 Å². The van der Waals surface area contributed by atoms with Crippen LogP contribution < -0.4 is 10.9 Å². The predicted octanol–water partition coefficient (Wildman–Crippen LogP) is 5.53. The van der Waals surface area contributed by atoms with Crippen molar-refractivity contribution in [3.05, 3.63) is 93.9 Å². The molecule has 2 heterocycles. The van der Waals surface area contributed by atoms with Crippen molar-refractivity contribution in [1.82, 2.24) is 9.55 Å². The molecule has 0 saturated carbocycles. The first-order valence-corrected chi connectivity index (χ1v) is 11.2. The zero-order chi connectivity index (χ0) is 22.2. The normalized spacial score (nSPS) is 11.2. The molecule has 5 rings (SSSR count). The third-order valence-corrected chi connectivity index (χ3v) is 6.61. The van der Waals surface area contributed by atoms with Gasteiger partial charge in [-0.25, -0.2) is 4.98 Å². The van der Waals surface area contributed by atoms with Crippen LogP contribution in [-0.4, -0.2) is 15.5 Å². The van der Waals surface area contributed by atoms with Gasteiger partial charge in [0.15, 0.2) is 0 Å². The molecule has 0 aliphatic carbocycles. The molecule has 0 aliphatic heterocycles. The van der Waals surface area contributed by atoms with Gasteiger partial charge in [-0.3, -0.25) is 14.2 Å². The molecule has 0 fully saturated rings. The molecule has 0 aliphatic rings. The van der Waals surface area contributed by atoms with Crippen LogP contribution in [-0.2, 0) is 11.3 Å². The van der Waals surface area contributed by atoms with Crippen molar-refractivity contribution in [2.24, 2.45) is 0 Å². The largest absolute Gasteiger partial charge is 0.325 e. The van der Waals surface area contributed by atoms with Gasteiger partial charge in [0.2, 0.25) is 5.91 Å². The van der Waals surface area contributed by atoms with E-state index >= 15 is 0 Å². The highest BCUT2D eigenvalue weighted by atomic mass is 32.1. The number of nitrogens with one attached hydrogen (secondary N) is 1. The van der Waals surface area contributed by atoms with E-state index in [1.165, 1.54) is 33.4 Å². The first kappa shape index (κ1) is 20.2. The summed E-state index contributed by atoms with van der Waals surface area (Å²) in [6, 6.07) is 19.9. The lowest BCUT2D eigenvalue weighted by Gasteiger charge is -2.09. The summed E-state index contributed by atoms with van der Waals surface area (Å²) in [5.41, 5.74) is 4.70. The van der Waals surface area contributed by atoms with E-state index in [0.29, 0.717) is 15.9 Å². The Morgan fingerprint density at radius 1 is 1.00 bits per heavy atom. The molecule has 3 aromatic carbocycles. The average molecular weight is 440 g/mol. The molecule has 0 spiro atoms. The minimum atomic E-state index is -0.272. The Hall–Kier alpha value is -3.77. The quantitative estimate of drug-likeness (QED) is 0.400. The maximum atomic E-state index is 13.2. The SMILES string of the molecule is Cc1ccc(-c2csc3ncn(CC(=O)Nc4ccc5ccccc5c4)c(=O)c23)cc1C. The Morgan fingerprint density at radius 2 is 1.81 bits per heavy atom. The monoisotopic (exact) mass is 439 g/mol. The summed E-state index contributed by atoms with van der Waals surface area (Å²) in [6.45, 7) is 4.02. The number of benzene rings is 3. The van der Waals surface area contributed by atoms with E-state index in [-0.39, 0.29) is 18.0 Å². The van der Waals surface area contributed by atoms with Gasteiger partial charge in [0.05, 0.1) is 11.7 Å². The number of fused-ring (bicyclic) bond motifs is 2. The number of rotatable bonds is 4. The van der Waals surface area contributed by atoms with Crippen LogP contribution in [0.2, 0.25) is 0 Å². The maximum absolute atomic E-state index is 13.2. The van der Waals surface area contributed by atoms with Gasteiger partial charge in [-0.15, -0.1) is 11.3 Å². The van der Waals surface area contributed by atoms with Crippen LogP contribution in [0, 0.1) is 13.8 Å². The summed E-state index contributed by atoms with van der Waals surface area (Å²) in [6.07, 6.45) is 1.45.